The Morgan fingerprint density at radius 1 is 1.50 bits per heavy atom. The fourth-order valence-electron chi connectivity index (χ4n) is 2.58. The largest absolute Gasteiger partial charge is 0.361 e. The molecule has 1 rings (SSSR count). The van der Waals surface area contributed by atoms with Gasteiger partial charge in [-0.2, -0.15) is 0 Å². The van der Waals surface area contributed by atoms with Gasteiger partial charge in [-0.25, -0.2) is 0 Å². The van der Waals surface area contributed by atoms with Gasteiger partial charge in [0.05, 0.1) is 0 Å². The van der Waals surface area contributed by atoms with Crippen molar-refractivity contribution in [2.75, 3.05) is 19.2 Å². The monoisotopic (exact) mass is 273 g/mol. The van der Waals surface area contributed by atoms with Crippen molar-refractivity contribution in [2.24, 2.45) is 5.92 Å². The molecule has 0 aliphatic heterocycles. The molecule has 1 amide bonds. The summed E-state index contributed by atoms with van der Waals surface area (Å²) in [6.07, 6.45) is 4.44. The number of amides is 1. The summed E-state index contributed by atoms with van der Waals surface area (Å²) in [5.74, 6) is 0.376. The summed E-state index contributed by atoms with van der Waals surface area (Å²) in [5.41, 5.74) is 2.54. The lowest BCUT2D eigenvalue weighted by atomic mass is 9.86. The summed E-state index contributed by atoms with van der Waals surface area (Å²) in [4.78, 5) is 13.8. The molecule has 0 radical (unpaired) electrons. The van der Waals surface area contributed by atoms with Gasteiger partial charge in [-0.1, -0.05) is 19.4 Å². The summed E-state index contributed by atoms with van der Waals surface area (Å²) >= 11 is 5.71. The van der Waals surface area contributed by atoms with Crippen molar-refractivity contribution in [3.05, 3.63) is 11.3 Å². The number of rotatable bonds is 6. The van der Waals surface area contributed by atoms with Gasteiger partial charge in [-0.15, -0.1) is 11.6 Å². The SMILES string of the molecule is CCOCN(C(=O)CCl)C1=C(CC)CCCC1C. The summed E-state index contributed by atoms with van der Waals surface area (Å²) in [5, 5.41) is 0. The number of nitrogens with zero attached hydrogens (tertiary/aromatic N) is 1. The molecule has 0 bridgehead atoms. The minimum Gasteiger partial charge on any atom is -0.361 e. The molecule has 1 atom stereocenters. The maximum absolute atomic E-state index is 12.0. The van der Waals surface area contributed by atoms with Crippen LogP contribution in [0.1, 0.15) is 46.5 Å². The van der Waals surface area contributed by atoms with Crippen LogP contribution in [0.15, 0.2) is 11.3 Å². The molecule has 0 aromatic carbocycles. The van der Waals surface area contributed by atoms with Crippen LogP contribution in [0, 0.1) is 5.92 Å². The van der Waals surface area contributed by atoms with Gasteiger partial charge in [0.25, 0.3) is 0 Å². The molecule has 0 N–H and O–H groups in total. The minimum absolute atomic E-state index is 0.0142. The van der Waals surface area contributed by atoms with E-state index in [9.17, 15) is 4.79 Å². The van der Waals surface area contributed by atoms with E-state index in [4.69, 9.17) is 16.3 Å². The fourth-order valence-corrected chi connectivity index (χ4v) is 2.72. The number of hydrogen-bond donors (Lipinski definition) is 0. The average Bonchev–Trinajstić information content (AvgIpc) is 2.39. The minimum atomic E-state index is -0.0557. The lowest BCUT2D eigenvalue weighted by molar-refractivity contribution is -0.131. The molecule has 0 heterocycles. The van der Waals surface area contributed by atoms with E-state index in [1.54, 1.807) is 4.90 Å². The maximum Gasteiger partial charge on any atom is 0.243 e. The highest BCUT2D eigenvalue weighted by molar-refractivity contribution is 6.27. The summed E-state index contributed by atoms with van der Waals surface area (Å²) in [7, 11) is 0. The van der Waals surface area contributed by atoms with Gasteiger partial charge in [0.15, 0.2) is 0 Å². The summed E-state index contributed by atoms with van der Waals surface area (Å²) in [6.45, 7) is 7.20. The van der Waals surface area contributed by atoms with Gasteiger partial charge >= 0.3 is 0 Å². The third-order valence-electron chi connectivity index (χ3n) is 3.50. The van der Waals surface area contributed by atoms with Crippen molar-refractivity contribution < 1.29 is 9.53 Å². The van der Waals surface area contributed by atoms with E-state index in [0.29, 0.717) is 19.3 Å². The van der Waals surface area contributed by atoms with Gasteiger partial charge in [0, 0.05) is 12.3 Å². The number of alkyl halides is 1. The van der Waals surface area contributed by atoms with E-state index >= 15 is 0 Å². The lowest BCUT2D eigenvalue weighted by Crippen LogP contribution is -2.37. The van der Waals surface area contributed by atoms with Gasteiger partial charge in [-0.3, -0.25) is 9.69 Å². The molecule has 0 saturated carbocycles. The first kappa shape index (κ1) is 15.5. The summed E-state index contributed by atoms with van der Waals surface area (Å²) < 4.78 is 5.43. The van der Waals surface area contributed by atoms with Crippen LogP contribution in [0.2, 0.25) is 0 Å². The Hall–Kier alpha value is -0.540. The van der Waals surface area contributed by atoms with E-state index in [1.807, 2.05) is 6.92 Å². The second kappa shape index (κ2) is 7.80. The average molecular weight is 274 g/mol. The molecule has 0 spiro atoms. The van der Waals surface area contributed by atoms with Gasteiger partial charge in [0.2, 0.25) is 5.91 Å². The quantitative estimate of drug-likeness (QED) is 0.547. The molecule has 1 aliphatic carbocycles. The van der Waals surface area contributed by atoms with E-state index in [1.165, 1.54) is 12.0 Å². The Labute approximate surface area is 115 Å². The zero-order chi connectivity index (χ0) is 13.5. The third-order valence-corrected chi connectivity index (χ3v) is 3.73. The van der Waals surface area contributed by atoms with E-state index in [2.05, 4.69) is 13.8 Å². The molecule has 1 unspecified atom stereocenters. The fraction of sp³-hybridized carbons (Fsp3) is 0.786. The van der Waals surface area contributed by atoms with Crippen LogP contribution in [0.3, 0.4) is 0 Å². The first-order chi connectivity index (χ1) is 8.65. The Kier molecular flexibility index (Phi) is 6.72. The lowest BCUT2D eigenvalue weighted by Gasteiger charge is -2.34. The van der Waals surface area contributed by atoms with Crippen LogP contribution in [-0.2, 0) is 9.53 Å². The highest BCUT2D eigenvalue weighted by atomic mass is 35.5. The highest BCUT2D eigenvalue weighted by Gasteiger charge is 2.27. The standard InChI is InChI=1S/C14H24ClNO2/c1-4-12-8-6-7-11(3)14(12)16(10-18-5-2)13(17)9-15/h11H,4-10H2,1-3H3. The molecule has 1 aliphatic rings. The topological polar surface area (TPSA) is 29.5 Å². The number of halogens is 1. The van der Waals surface area contributed by atoms with Crippen LogP contribution in [0.5, 0.6) is 0 Å². The van der Waals surface area contributed by atoms with E-state index < -0.39 is 0 Å². The molecule has 104 valence electrons. The predicted octanol–water partition coefficient (Wildman–Crippen LogP) is 3.53. The number of carbonyl (C=O) groups excluding carboxylic acids is 1. The van der Waals surface area contributed by atoms with Gasteiger partial charge < -0.3 is 4.74 Å². The third kappa shape index (κ3) is 3.72. The normalized spacial score (nSPS) is 20.1. The second-order valence-corrected chi connectivity index (χ2v) is 4.98. The Bertz CT molecular complexity index is 315. The Morgan fingerprint density at radius 2 is 2.22 bits per heavy atom. The first-order valence-electron chi connectivity index (χ1n) is 6.81. The Balaban J connectivity index is 2.99. The zero-order valence-electron chi connectivity index (χ0n) is 11.7. The van der Waals surface area contributed by atoms with Crippen molar-refractivity contribution in [3.63, 3.8) is 0 Å². The number of allylic oxidation sites excluding steroid dienone is 2. The van der Waals surface area contributed by atoms with E-state index in [-0.39, 0.29) is 11.8 Å². The number of carbonyl (C=O) groups is 1. The van der Waals surface area contributed by atoms with Crippen molar-refractivity contribution in [1.82, 2.24) is 4.90 Å². The maximum atomic E-state index is 12.0. The first-order valence-corrected chi connectivity index (χ1v) is 7.35. The smallest absolute Gasteiger partial charge is 0.243 e. The molecule has 4 heteroatoms. The van der Waals surface area contributed by atoms with Crippen LogP contribution < -0.4 is 0 Å². The molecular formula is C14H24ClNO2. The molecule has 0 fully saturated rings. The molecule has 0 aromatic heterocycles. The molecule has 3 nitrogen and oxygen atoms in total. The second-order valence-electron chi connectivity index (χ2n) is 4.71. The van der Waals surface area contributed by atoms with Crippen LogP contribution in [0.4, 0.5) is 0 Å². The Morgan fingerprint density at radius 3 is 2.78 bits per heavy atom. The van der Waals surface area contributed by atoms with Crippen LogP contribution >= 0.6 is 11.6 Å². The van der Waals surface area contributed by atoms with Crippen LogP contribution in [0.25, 0.3) is 0 Å². The highest BCUT2D eigenvalue weighted by Crippen LogP contribution is 2.34. The summed E-state index contributed by atoms with van der Waals surface area (Å²) in [6, 6.07) is 0. The van der Waals surface area contributed by atoms with Crippen molar-refractivity contribution in [1.29, 1.82) is 0 Å². The van der Waals surface area contributed by atoms with Crippen molar-refractivity contribution in [2.45, 2.75) is 46.5 Å². The van der Waals surface area contributed by atoms with Gasteiger partial charge in [-0.05, 0) is 38.5 Å². The van der Waals surface area contributed by atoms with Crippen LogP contribution in [-0.4, -0.2) is 30.0 Å². The predicted molar refractivity (Wildman–Crippen MR) is 74.4 cm³/mol. The molecular weight excluding hydrogens is 250 g/mol. The zero-order valence-corrected chi connectivity index (χ0v) is 12.4. The molecule has 0 aromatic rings. The molecule has 0 saturated heterocycles. The van der Waals surface area contributed by atoms with Crippen molar-refractivity contribution >= 4 is 17.5 Å². The number of ether oxygens (including phenoxy) is 1. The molecule has 18 heavy (non-hydrogen) atoms. The van der Waals surface area contributed by atoms with E-state index in [0.717, 1.165) is 25.0 Å². The van der Waals surface area contributed by atoms with Gasteiger partial charge in [0.1, 0.15) is 12.6 Å². The number of hydrogen-bond acceptors (Lipinski definition) is 2. The van der Waals surface area contributed by atoms with Crippen molar-refractivity contribution in [3.8, 4) is 0 Å².